The van der Waals surface area contributed by atoms with Crippen LogP contribution in [0, 0.1) is 11.6 Å². The lowest BCUT2D eigenvalue weighted by Crippen LogP contribution is -2.51. The summed E-state index contributed by atoms with van der Waals surface area (Å²) in [5, 5.41) is 3.26. The molecule has 0 saturated carbocycles. The highest BCUT2D eigenvalue weighted by Gasteiger charge is 2.31. The molecular formula is C23H27Cl2F2N3O4S. The van der Waals surface area contributed by atoms with E-state index in [0.717, 1.165) is 36.1 Å². The smallest absolute Gasteiger partial charge is 0.244 e. The Morgan fingerprint density at radius 2 is 1.71 bits per heavy atom. The lowest BCUT2D eigenvalue weighted by molar-refractivity contribution is -0.139. The summed E-state index contributed by atoms with van der Waals surface area (Å²) in [6.07, 6.45) is 2.42. The number of carbonyl (C=O) groups excluding carboxylic acids is 2. The molecule has 0 bridgehead atoms. The van der Waals surface area contributed by atoms with Crippen LogP contribution in [0.2, 0.25) is 10.0 Å². The van der Waals surface area contributed by atoms with Crippen LogP contribution in [0.4, 0.5) is 14.5 Å². The zero-order valence-corrected chi connectivity index (χ0v) is 21.9. The van der Waals surface area contributed by atoms with Gasteiger partial charge in [-0.05, 0) is 37.6 Å². The van der Waals surface area contributed by atoms with E-state index in [9.17, 15) is 26.8 Å². The SMILES string of the molecule is CCCCNC(=O)C(C)N(Cc1c(Cl)cccc1Cl)C(=O)CN(c1ccc(F)c(F)c1)S(C)(=O)=O. The van der Waals surface area contributed by atoms with Crippen molar-refractivity contribution in [1.82, 2.24) is 10.2 Å². The first-order chi connectivity index (χ1) is 16.4. The Labute approximate surface area is 214 Å². The zero-order chi connectivity index (χ0) is 26.3. The third kappa shape index (κ3) is 7.78. The summed E-state index contributed by atoms with van der Waals surface area (Å²) in [4.78, 5) is 27.3. The summed E-state index contributed by atoms with van der Waals surface area (Å²) < 4.78 is 52.7. The number of unbranched alkanes of at least 4 members (excludes halogenated alkanes) is 1. The van der Waals surface area contributed by atoms with Gasteiger partial charge in [0.15, 0.2) is 11.6 Å². The minimum Gasteiger partial charge on any atom is -0.354 e. The lowest BCUT2D eigenvalue weighted by atomic mass is 10.1. The Balaban J connectivity index is 2.43. The van der Waals surface area contributed by atoms with E-state index in [1.165, 1.54) is 6.92 Å². The standard InChI is InChI=1S/C23H27Cl2F2N3O4S/c1-4-5-11-28-23(32)15(2)29(13-17-18(24)7-6-8-19(17)25)22(31)14-30(35(3,33)34)16-9-10-20(26)21(27)12-16/h6-10,12,15H,4-5,11,13-14H2,1-3H3,(H,28,32). The van der Waals surface area contributed by atoms with Crippen molar-refractivity contribution < 1.29 is 26.8 Å². The molecule has 192 valence electrons. The molecule has 35 heavy (non-hydrogen) atoms. The van der Waals surface area contributed by atoms with Crippen molar-refractivity contribution in [2.75, 3.05) is 23.7 Å². The molecule has 2 aromatic carbocycles. The van der Waals surface area contributed by atoms with Crippen molar-refractivity contribution in [3.63, 3.8) is 0 Å². The van der Waals surface area contributed by atoms with Gasteiger partial charge >= 0.3 is 0 Å². The van der Waals surface area contributed by atoms with Crippen molar-refractivity contribution in [3.05, 3.63) is 63.6 Å². The minimum absolute atomic E-state index is 0.185. The molecule has 2 rings (SSSR count). The number of rotatable bonds is 11. The minimum atomic E-state index is -4.08. The van der Waals surface area contributed by atoms with Crippen molar-refractivity contribution in [2.45, 2.75) is 39.3 Å². The Hall–Kier alpha value is -2.43. The number of halogens is 4. The number of nitrogens with zero attached hydrogens (tertiary/aromatic N) is 2. The van der Waals surface area contributed by atoms with Gasteiger partial charge in [-0.1, -0.05) is 42.6 Å². The summed E-state index contributed by atoms with van der Waals surface area (Å²) in [7, 11) is -4.08. The molecule has 0 radical (unpaired) electrons. The summed E-state index contributed by atoms with van der Waals surface area (Å²) in [6, 6.07) is 6.23. The van der Waals surface area contributed by atoms with Gasteiger partial charge in [0.2, 0.25) is 21.8 Å². The zero-order valence-electron chi connectivity index (χ0n) is 19.5. The van der Waals surface area contributed by atoms with E-state index in [-0.39, 0.29) is 22.3 Å². The summed E-state index contributed by atoms with van der Waals surface area (Å²) >= 11 is 12.5. The number of anilines is 1. The Morgan fingerprint density at radius 1 is 1.09 bits per heavy atom. The average molecular weight is 550 g/mol. The molecule has 1 atom stereocenters. The monoisotopic (exact) mass is 549 g/mol. The molecule has 1 unspecified atom stereocenters. The number of hydrogen-bond acceptors (Lipinski definition) is 4. The number of sulfonamides is 1. The van der Waals surface area contributed by atoms with E-state index in [0.29, 0.717) is 22.5 Å². The van der Waals surface area contributed by atoms with Gasteiger partial charge in [0.1, 0.15) is 12.6 Å². The Bertz CT molecular complexity index is 1160. The van der Waals surface area contributed by atoms with Gasteiger partial charge in [0.05, 0.1) is 11.9 Å². The molecule has 0 aromatic heterocycles. The maximum Gasteiger partial charge on any atom is 0.244 e. The third-order valence-corrected chi connectivity index (χ3v) is 7.11. The van der Waals surface area contributed by atoms with E-state index < -0.39 is 46.1 Å². The first-order valence-electron chi connectivity index (χ1n) is 10.8. The van der Waals surface area contributed by atoms with Gasteiger partial charge in [-0.15, -0.1) is 0 Å². The van der Waals surface area contributed by atoms with Crippen LogP contribution in [0.25, 0.3) is 0 Å². The van der Waals surface area contributed by atoms with Gasteiger partial charge in [-0.25, -0.2) is 17.2 Å². The topological polar surface area (TPSA) is 86.8 Å². The van der Waals surface area contributed by atoms with Crippen molar-refractivity contribution in [3.8, 4) is 0 Å². The lowest BCUT2D eigenvalue weighted by Gasteiger charge is -2.32. The second kappa shape index (κ2) is 12.5. The molecule has 7 nitrogen and oxygen atoms in total. The maximum atomic E-state index is 13.8. The fraction of sp³-hybridized carbons (Fsp3) is 0.391. The quantitative estimate of drug-likeness (QED) is 0.421. The molecule has 0 saturated heterocycles. The molecule has 0 aliphatic heterocycles. The number of carbonyl (C=O) groups is 2. The number of hydrogen-bond donors (Lipinski definition) is 1. The van der Waals surface area contributed by atoms with Gasteiger partial charge in [-0.3, -0.25) is 13.9 Å². The van der Waals surface area contributed by atoms with E-state index >= 15 is 0 Å². The summed E-state index contributed by atoms with van der Waals surface area (Å²) in [5.74, 6) is -3.66. The first kappa shape index (κ1) is 28.8. The molecular weight excluding hydrogens is 523 g/mol. The van der Waals surface area contributed by atoms with Crippen molar-refractivity contribution in [1.29, 1.82) is 0 Å². The summed E-state index contributed by atoms with van der Waals surface area (Å²) in [6.45, 7) is 2.90. The second-order valence-electron chi connectivity index (χ2n) is 7.91. The number of benzene rings is 2. The van der Waals surface area contributed by atoms with Crippen LogP contribution in [-0.4, -0.2) is 50.5 Å². The average Bonchev–Trinajstić information content (AvgIpc) is 2.78. The second-order valence-corrected chi connectivity index (χ2v) is 10.6. The van der Waals surface area contributed by atoms with Gasteiger partial charge in [0.25, 0.3) is 0 Å². The van der Waals surface area contributed by atoms with Gasteiger partial charge < -0.3 is 10.2 Å². The first-order valence-corrected chi connectivity index (χ1v) is 13.4. The third-order valence-electron chi connectivity index (χ3n) is 5.26. The maximum absolute atomic E-state index is 13.8. The van der Waals surface area contributed by atoms with Gasteiger partial charge in [-0.2, -0.15) is 0 Å². The fourth-order valence-electron chi connectivity index (χ4n) is 3.23. The highest BCUT2D eigenvalue weighted by molar-refractivity contribution is 7.92. The van der Waals surface area contributed by atoms with Crippen LogP contribution in [0.1, 0.15) is 32.3 Å². The number of nitrogens with one attached hydrogen (secondary N) is 1. The fourth-order valence-corrected chi connectivity index (χ4v) is 4.58. The molecule has 0 aliphatic carbocycles. The molecule has 0 heterocycles. The largest absolute Gasteiger partial charge is 0.354 e. The Kier molecular flexibility index (Phi) is 10.3. The van der Waals surface area contributed by atoms with Crippen LogP contribution in [0.15, 0.2) is 36.4 Å². The predicted molar refractivity (Wildman–Crippen MR) is 133 cm³/mol. The van der Waals surface area contributed by atoms with E-state index in [4.69, 9.17) is 23.2 Å². The van der Waals surface area contributed by atoms with E-state index in [1.807, 2.05) is 6.92 Å². The van der Waals surface area contributed by atoms with Crippen molar-refractivity contribution in [2.24, 2.45) is 0 Å². The van der Waals surface area contributed by atoms with E-state index in [1.54, 1.807) is 18.2 Å². The highest BCUT2D eigenvalue weighted by Crippen LogP contribution is 2.27. The highest BCUT2D eigenvalue weighted by atomic mass is 35.5. The molecule has 1 N–H and O–H groups in total. The molecule has 2 aromatic rings. The van der Waals surface area contributed by atoms with Crippen LogP contribution < -0.4 is 9.62 Å². The molecule has 0 fully saturated rings. The Morgan fingerprint density at radius 3 is 2.26 bits per heavy atom. The predicted octanol–water partition coefficient (Wildman–Crippen LogP) is 4.37. The molecule has 2 amide bonds. The van der Waals surface area contributed by atoms with Gasteiger partial charge in [0, 0.05) is 34.8 Å². The molecule has 0 aliphatic rings. The van der Waals surface area contributed by atoms with Crippen LogP contribution in [0.3, 0.4) is 0 Å². The van der Waals surface area contributed by atoms with Crippen LogP contribution in [0.5, 0.6) is 0 Å². The molecule has 12 heteroatoms. The van der Waals surface area contributed by atoms with E-state index in [2.05, 4.69) is 5.32 Å². The van der Waals surface area contributed by atoms with Crippen LogP contribution in [-0.2, 0) is 26.2 Å². The van der Waals surface area contributed by atoms with Crippen molar-refractivity contribution >= 4 is 50.7 Å². The normalized spacial score (nSPS) is 12.2. The van der Waals surface area contributed by atoms with Crippen LogP contribution >= 0.6 is 23.2 Å². The number of amides is 2. The summed E-state index contributed by atoms with van der Waals surface area (Å²) in [5.41, 5.74) is 0.131. The molecule has 0 spiro atoms.